The van der Waals surface area contributed by atoms with Crippen LogP contribution in [0.2, 0.25) is 0 Å². The molecule has 2 aromatic heterocycles. The maximum absolute atomic E-state index is 5.24. The van der Waals surface area contributed by atoms with Crippen LogP contribution in [0.4, 0.5) is 0 Å². The third-order valence-corrected chi connectivity index (χ3v) is 2.84. The van der Waals surface area contributed by atoms with Crippen LogP contribution in [0, 0.1) is 0 Å². The van der Waals surface area contributed by atoms with Crippen LogP contribution in [0.15, 0.2) is 36.5 Å². The number of aromatic nitrogens is 4. The highest BCUT2D eigenvalue weighted by molar-refractivity contribution is 5.72. The topological polar surface area (TPSA) is 70.0 Å². The molecule has 100 valence electrons. The van der Waals surface area contributed by atoms with Gasteiger partial charge in [0.2, 0.25) is 0 Å². The smallest absolute Gasteiger partial charge is 0.200 e. The lowest BCUT2D eigenvalue weighted by molar-refractivity contribution is 0.394. The van der Waals surface area contributed by atoms with Gasteiger partial charge in [0, 0.05) is 17.8 Å². The zero-order valence-corrected chi connectivity index (χ0v) is 11.1. The number of hydrogen-bond acceptors (Lipinski definition) is 6. The first-order valence-corrected chi connectivity index (χ1v) is 5.99. The average molecular weight is 268 g/mol. The van der Waals surface area contributed by atoms with Crippen molar-refractivity contribution in [2.45, 2.75) is 0 Å². The molecule has 0 unspecified atom stereocenters. The van der Waals surface area contributed by atoms with Gasteiger partial charge in [0.25, 0.3) is 0 Å². The summed E-state index contributed by atoms with van der Waals surface area (Å²) in [5.41, 5.74) is 1.99. The molecule has 0 amide bonds. The molecular weight excluding hydrogens is 256 g/mol. The highest BCUT2D eigenvalue weighted by atomic mass is 16.5. The Morgan fingerprint density at radius 3 is 2.40 bits per heavy atom. The van der Waals surface area contributed by atoms with Crippen molar-refractivity contribution >= 4 is 11.2 Å². The molecule has 0 bridgehead atoms. The number of nitrogens with zero attached hydrogens (tertiary/aromatic N) is 4. The molecule has 0 saturated heterocycles. The Morgan fingerprint density at radius 1 is 0.950 bits per heavy atom. The van der Waals surface area contributed by atoms with Crippen molar-refractivity contribution in [1.29, 1.82) is 0 Å². The van der Waals surface area contributed by atoms with Crippen LogP contribution in [-0.2, 0) is 0 Å². The van der Waals surface area contributed by atoms with Crippen LogP contribution >= 0.6 is 0 Å². The highest BCUT2D eigenvalue weighted by Crippen LogP contribution is 2.27. The second kappa shape index (κ2) is 5.08. The second-order valence-corrected chi connectivity index (χ2v) is 4.08. The summed E-state index contributed by atoms with van der Waals surface area (Å²) < 4.78 is 10.5. The Balaban J connectivity index is 2.14. The van der Waals surface area contributed by atoms with Crippen LogP contribution in [0.5, 0.6) is 11.5 Å². The van der Waals surface area contributed by atoms with Crippen LogP contribution in [0.3, 0.4) is 0 Å². The van der Waals surface area contributed by atoms with Gasteiger partial charge in [-0.2, -0.15) is 0 Å². The van der Waals surface area contributed by atoms with E-state index in [2.05, 4.69) is 20.2 Å². The first-order chi connectivity index (χ1) is 9.80. The summed E-state index contributed by atoms with van der Waals surface area (Å²) in [5, 5.41) is 8.16. The van der Waals surface area contributed by atoms with Crippen molar-refractivity contribution in [2.75, 3.05) is 14.2 Å². The fourth-order valence-electron chi connectivity index (χ4n) is 1.84. The van der Waals surface area contributed by atoms with Gasteiger partial charge in [-0.15, -0.1) is 10.2 Å². The third-order valence-electron chi connectivity index (χ3n) is 2.84. The van der Waals surface area contributed by atoms with E-state index in [1.807, 2.05) is 24.3 Å². The van der Waals surface area contributed by atoms with Crippen molar-refractivity contribution in [2.24, 2.45) is 0 Å². The van der Waals surface area contributed by atoms with Gasteiger partial charge in [-0.1, -0.05) is 0 Å². The average Bonchev–Trinajstić information content (AvgIpc) is 2.53. The van der Waals surface area contributed by atoms with Gasteiger partial charge in [-0.05, 0) is 24.3 Å². The van der Waals surface area contributed by atoms with E-state index >= 15 is 0 Å². The fraction of sp³-hybridized carbons (Fsp3) is 0.143. The molecule has 0 N–H and O–H groups in total. The Hall–Kier alpha value is -2.76. The van der Waals surface area contributed by atoms with Crippen LogP contribution in [0.25, 0.3) is 22.6 Å². The van der Waals surface area contributed by atoms with E-state index in [1.54, 1.807) is 26.5 Å². The molecule has 0 aliphatic heterocycles. The predicted octanol–water partition coefficient (Wildman–Crippen LogP) is 2.10. The van der Waals surface area contributed by atoms with Crippen LogP contribution in [-0.4, -0.2) is 34.4 Å². The van der Waals surface area contributed by atoms with Crippen molar-refractivity contribution in [3.05, 3.63) is 36.5 Å². The minimum absolute atomic E-state index is 0.503. The number of rotatable bonds is 3. The van der Waals surface area contributed by atoms with E-state index in [0.29, 0.717) is 28.5 Å². The molecule has 2 heterocycles. The Bertz CT molecular complexity index is 739. The highest BCUT2D eigenvalue weighted by Gasteiger charge is 2.08. The van der Waals surface area contributed by atoms with E-state index in [-0.39, 0.29) is 0 Å². The lowest BCUT2D eigenvalue weighted by Crippen LogP contribution is -1.96. The number of pyridine rings is 1. The Kier molecular flexibility index (Phi) is 3.12. The number of benzene rings is 1. The van der Waals surface area contributed by atoms with Crippen molar-refractivity contribution in [3.8, 4) is 22.9 Å². The van der Waals surface area contributed by atoms with E-state index in [1.165, 1.54) is 0 Å². The minimum atomic E-state index is 0.503. The molecule has 0 aliphatic carbocycles. The maximum Gasteiger partial charge on any atom is 0.200 e. The maximum atomic E-state index is 5.24. The molecule has 3 aromatic rings. The summed E-state index contributed by atoms with van der Waals surface area (Å²) in [5.74, 6) is 1.85. The summed E-state index contributed by atoms with van der Waals surface area (Å²) in [4.78, 5) is 8.55. The van der Waals surface area contributed by atoms with Crippen molar-refractivity contribution in [1.82, 2.24) is 20.2 Å². The molecule has 3 rings (SSSR count). The summed E-state index contributed by atoms with van der Waals surface area (Å²) in [6.07, 6.45) is 1.66. The lowest BCUT2D eigenvalue weighted by Gasteiger charge is -2.07. The Labute approximate surface area is 115 Å². The number of ether oxygens (including phenoxy) is 2. The first-order valence-electron chi connectivity index (χ1n) is 5.99. The van der Waals surface area contributed by atoms with Gasteiger partial charge in [-0.3, -0.25) is 0 Å². The van der Waals surface area contributed by atoms with Crippen molar-refractivity contribution in [3.63, 3.8) is 0 Å². The summed E-state index contributed by atoms with van der Waals surface area (Å²) >= 11 is 0. The van der Waals surface area contributed by atoms with Crippen molar-refractivity contribution < 1.29 is 9.47 Å². The minimum Gasteiger partial charge on any atom is -0.497 e. The van der Waals surface area contributed by atoms with E-state index in [0.717, 1.165) is 5.56 Å². The predicted molar refractivity (Wildman–Crippen MR) is 73.7 cm³/mol. The fourth-order valence-corrected chi connectivity index (χ4v) is 1.84. The number of hydrogen-bond donors (Lipinski definition) is 0. The molecule has 0 saturated carbocycles. The summed E-state index contributed by atoms with van der Waals surface area (Å²) in [6.45, 7) is 0. The van der Waals surface area contributed by atoms with E-state index in [9.17, 15) is 0 Å². The summed E-state index contributed by atoms with van der Waals surface area (Å²) in [6, 6.07) is 9.12. The van der Waals surface area contributed by atoms with E-state index < -0.39 is 0 Å². The van der Waals surface area contributed by atoms with Gasteiger partial charge in [0.1, 0.15) is 17.0 Å². The molecule has 0 atom stereocenters. The van der Waals surface area contributed by atoms with Crippen LogP contribution in [0.1, 0.15) is 0 Å². The molecule has 1 aromatic carbocycles. The molecular formula is C14H12N4O2. The third kappa shape index (κ3) is 2.23. The van der Waals surface area contributed by atoms with Crippen LogP contribution < -0.4 is 9.47 Å². The number of methoxy groups -OCH3 is 2. The largest absolute Gasteiger partial charge is 0.497 e. The standard InChI is InChI=1S/C14H12N4O2/c1-19-10-6-9(7-11(8-10)20-2)13-16-12-4-3-5-15-14(12)18-17-13/h3-8H,1-2H3. The van der Waals surface area contributed by atoms with Gasteiger partial charge in [0.15, 0.2) is 11.5 Å². The quantitative estimate of drug-likeness (QED) is 0.724. The number of fused-ring (bicyclic) bond motifs is 1. The zero-order chi connectivity index (χ0) is 13.9. The van der Waals surface area contributed by atoms with E-state index in [4.69, 9.17) is 9.47 Å². The molecule has 0 radical (unpaired) electrons. The molecule has 0 spiro atoms. The second-order valence-electron chi connectivity index (χ2n) is 4.08. The van der Waals surface area contributed by atoms with Gasteiger partial charge in [-0.25, -0.2) is 9.97 Å². The SMILES string of the molecule is COc1cc(OC)cc(-c2nnc3ncccc3n2)c1. The lowest BCUT2D eigenvalue weighted by atomic mass is 10.2. The molecule has 6 heteroatoms. The monoisotopic (exact) mass is 268 g/mol. The van der Waals surface area contributed by atoms with Gasteiger partial charge < -0.3 is 9.47 Å². The van der Waals surface area contributed by atoms with Gasteiger partial charge >= 0.3 is 0 Å². The summed E-state index contributed by atoms with van der Waals surface area (Å²) in [7, 11) is 3.20. The first kappa shape index (κ1) is 12.3. The molecule has 0 fully saturated rings. The molecule has 0 aliphatic rings. The molecule has 6 nitrogen and oxygen atoms in total. The normalized spacial score (nSPS) is 10.5. The van der Waals surface area contributed by atoms with Gasteiger partial charge in [0.05, 0.1) is 14.2 Å². The Morgan fingerprint density at radius 2 is 1.70 bits per heavy atom. The molecule has 20 heavy (non-hydrogen) atoms. The zero-order valence-electron chi connectivity index (χ0n) is 11.1.